The molecule has 8 nitrogen and oxygen atoms in total. The Hall–Kier alpha value is -2.23. The molecule has 0 amide bonds. The second-order valence-electron chi connectivity index (χ2n) is 8.18. The van der Waals surface area contributed by atoms with E-state index in [-0.39, 0.29) is 10.8 Å². The normalized spacial score (nSPS) is 19.8. The number of carboxylic acids is 1. The van der Waals surface area contributed by atoms with Crippen LogP contribution in [0.1, 0.15) is 57.2 Å². The van der Waals surface area contributed by atoms with Crippen LogP contribution in [-0.2, 0) is 21.3 Å². The van der Waals surface area contributed by atoms with E-state index in [1.807, 2.05) is 12.5 Å². The van der Waals surface area contributed by atoms with Crippen molar-refractivity contribution < 1.29 is 22.9 Å². The van der Waals surface area contributed by atoms with Gasteiger partial charge in [-0.3, -0.25) is 9.35 Å². The van der Waals surface area contributed by atoms with Crippen LogP contribution in [0.2, 0.25) is 0 Å². The molecule has 3 rings (SSSR count). The van der Waals surface area contributed by atoms with Gasteiger partial charge in [-0.15, -0.1) is 0 Å². The van der Waals surface area contributed by atoms with E-state index in [2.05, 4.69) is 16.5 Å². The lowest BCUT2D eigenvalue weighted by molar-refractivity contribution is -0.142. The Morgan fingerprint density at radius 3 is 2.39 bits per heavy atom. The number of benzene rings is 1. The molecule has 9 heteroatoms. The maximum atomic E-state index is 11.3. The number of carbonyl (C=O) groups is 1. The van der Waals surface area contributed by atoms with E-state index >= 15 is 0 Å². The van der Waals surface area contributed by atoms with Gasteiger partial charge in [0.2, 0.25) is 0 Å². The zero-order chi connectivity index (χ0) is 22.9. The van der Waals surface area contributed by atoms with Crippen LogP contribution in [0.3, 0.4) is 0 Å². The number of rotatable bonds is 8. The molecule has 1 aliphatic rings. The molecule has 0 aliphatic heterocycles. The van der Waals surface area contributed by atoms with Crippen LogP contribution < -0.4 is 5.73 Å². The fourth-order valence-electron chi connectivity index (χ4n) is 3.75. The average Bonchev–Trinajstić information content (AvgIpc) is 3.20. The van der Waals surface area contributed by atoms with Crippen molar-refractivity contribution >= 4 is 16.1 Å². The van der Waals surface area contributed by atoms with Gasteiger partial charge in [-0.2, -0.15) is 8.42 Å². The van der Waals surface area contributed by atoms with Crippen molar-refractivity contribution in [2.75, 3.05) is 6.54 Å². The second-order valence-corrected chi connectivity index (χ2v) is 9.61. The predicted molar refractivity (Wildman–Crippen MR) is 118 cm³/mol. The first kappa shape index (κ1) is 25.0. The van der Waals surface area contributed by atoms with Crippen molar-refractivity contribution in [3.8, 4) is 0 Å². The third kappa shape index (κ3) is 8.43. The van der Waals surface area contributed by atoms with Gasteiger partial charge in [-0.1, -0.05) is 25.1 Å². The molecule has 1 saturated carbocycles. The Balaban J connectivity index is 0.000000285. The van der Waals surface area contributed by atoms with Crippen molar-refractivity contribution in [1.29, 1.82) is 0 Å². The summed E-state index contributed by atoms with van der Waals surface area (Å²) in [5, 5.41) is 9.27. The molecule has 0 bridgehead atoms. The van der Waals surface area contributed by atoms with Crippen LogP contribution in [0.25, 0.3) is 0 Å². The molecule has 1 heterocycles. The van der Waals surface area contributed by atoms with Gasteiger partial charge in [0.25, 0.3) is 10.1 Å². The quantitative estimate of drug-likeness (QED) is 0.522. The van der Waals surface area contributed by atoms with Gasteiger partial charge in [-0.05, 0) is 63.1 Å². The number of nitrogens with zero attached hydrogens (tertiary/aromatic N) is 2. The standard InChI is InChI=1S/C16H27N3O2.C6H6O3S/c1-12-4-6-15(7-5-12)19-10-14(18-11-19)9-13(16(20)21)3-2-8-17;7-10(8,9)6-4-2-1-3-5-6/h10-13,15H,2-9,17H2,1H3,(H,20,21);1-5H,(H,7,8,9)/t12?,13-,15?;/m0./s1. The summed E-state index contributed by atoms with van der Waals surface area (Å²) in [5.74, 6) is -0.287. The molecule has 2 aromatic rings. The van der Waals surface area contributed by atoms with Crippen LogP contribution in [0, 0.1) is 11.8 Å². The van der Waals surface area contributed by atoms with Gasteiger partial charge in [0.15, 0.2) is 0 Å². The predicted octanol–water partition coefficient (Wildman–Crippen LogP) is 3.55. The lowest BCUT2D eigenvalue weighted by Crippen LogP contribution is -2.18. The van der Waals surface area contributed by atoms with Crippen LogP contribution in [0.5, 0.6) is 0 Å². The summed E-state index contributed by atoms with van der Waals surface area (Å²) in [4.78, 5) is 15.6. The summed E-state index contributed by atoms with van der Waals surface area (Å²) in [6, 6.07) is 7.96. The van der Waals surface area contributed by atoms with Crippen molar-refractivity contribution in [1.82, 2.24) is 9.55 Å². The lowest BCUT2D eigenvalue weighted by atomic mass is 9.87. The smallest absolute Gasteiger partial charge is 0.306 e. The Kier molecular flexibility index (Phi) is 9.67. The van der Waals surface area contributed by atoms with Gasteiger partial charge in [0, 0.05) is 18.7 Å². The minimum atomic E-state index is -4.00. The second kappa shape index (κ2) is 12.0. The topological polar surface area (TPSA) is 136 Å². The van der Waals surface area contributed by atoms with Gasteiger partial charge in [0.1, 0.15) is 0 Å². The fraction of sp³-hybridized carbons (Fsp3) is 0.545. The number of carboxylic acid groups (broad SMARTS) is 1. The Bertz CT molecular complexity index is 906. The number of aromatic nitrogens is 2. The SMILES string of the molecule is CC1CCC(n2cnc(C[C@H](CCCN)C(=O)O)c2)CC1.O=S(=O)(O)c1ccccc1. The Morgan fingerprint density at radius 2 is 1.87 bits per heavy atom. The van der Waals surface area contributed by atoms with Crippen LogP contribution in [0.15, 0.2) is 47.8 Å². The summed E-state index contributed by atoms with van der Waals surface area (Å²) < 4.78 is 31.4. The minimum Gasteiger partial charge on any atom is -0.481 e. The average molecular weight is 452 g/mol. The van der Waals surface area contributed by atoms with Gasteiger partial charge < -0.3 is 15.4 Å². The molecule has 4 N–H and O–H groups in total. The number of aliphatic carboxylic acids is 1. The van der Waals surface area contributed by atoms with Crippen molar-refractivity contribution in [2.45, 2.75) is 62.8 Å². The summed E-state index contributed by atoms with van der Waals surface area (Å²) in [5.41, 5.74) is 6.36. The van der Waals surface area contributed by atoms with Crippen molar-refractivity contribution in [3.63, 3.8) is 0 Å². The zero-order valence-corrected chi connectivity index (χ0v) is 18.7. The molecule has 1 aromatic carbocycles. The molecule has 0 unspecified atom stereocenters. The Labute approximate surface area is 184 Å². The van der Waals surface area contributed by atoms with E-state index in [9.17, 15) is 18.3 Å². The molecular weight excluding hydrogens is 418 g/mol. The van der Waals surface area contributed by atoms with Gasteiger partial charge >= 0.3 is 5.97 Å². The van der Waals surface area contributed by atoms with E-state index in [0.29, 0.717) is 25.4 Å². The first-order valence-electron chi connectivity index (χ1n) is 10.7. The molecule has 1 fully saturated rings. The Morgan fingerprint density at radius 1 is 1.23 bits per heavy atom. The first-order valence-corrected chi connectivity index (χ1v) is 12.1. The molecule has 0 radical (unpaired) electrons. The third-order valence-corrected chi connectivity index (χ3v) is 6.53. The third-order valence-electron chi connectivity index (χ3n) is 5.66. The molecule has 172 valence electrons. The minimum absolute atomic E-state index is 0.0741. The zero-order valence-electron chi connectivity index (χ0n) is 17.9. The fourth-order valence-corrected chi connectivity index (χ4v) is 4.25. The number of hydrogen-bond donors (Lipinski definition) is 3. The summed E-state index contributed by atoms with van der Waals surface area (Å²) in [7, 11) is -4.00. The van der Waals surface area contributed by atoms with Crippen molar-refractivity contribution in [3.05, 3.63) is 48.5 Å². The number of imidazole rings is 1. The van der Waals surface area contributed by atoms with Crippen LogP contribution in [-0.4, -0.2) is 40.1 Å². The molecule has 0 saturated heterocycles. The molecule has 1 aromatic heterocycles. The highest BCUT2D eigenvalue weighted by Crippen LogP contribution is 2.31. The van der Waals surface area contributed by atoms with E-state index in [0.717, 1.165) is 18.0 Å². The molecule has 1 aliphatic carbocycles. The molecular formula is C22H33N3O5S. The summed E-state index contributed by atoms with van der Waals surface area (Å²) in [6.07, 6.45) is 10.7. The summed E-state index contributed by atoms with van der Waals surface area (Å²) in [6.45, 7) is 2.85. The molecule has 0 spiro atoms. The van der Waals surface area contributed by atoms with Crippen molar-refractivity contribution in [2.24, 2.45) is 17.6 Å². The number of nitrogens with two attached hydrogens (primary N) is 1. The van der Waals surface area contributed by atoms with E-state index in [1.165, 1.54) is 37.8 Å². The van der Waals surface area contributed by atoms with Crippen LogP contribution in [0.4, 0.5) is 0 Å². The number of hydrogen-bond acceptors (Lipinski definition) is 5. The highest BCUT2D eigenvalue weighted by atomic mass is 32.2. The highest BCUT2D eigenvalue weighted by molar-refractivity contribution is 7.85. The lowest BCUT2D eigenvalue weighted by Gasteiger charge is -2.26. The largest absolute Gasteiger partial charge is 0.481 e. The highest BCUT2D eigenvalue weighted by Gasteiger charge is 2.22. The van der Waals surface area contributed by atoms with Gasteiger partial charge in [-0.25, -0.2) is 4.98 Å². The van der Waals surface area contributed by atoms with E-state index < -0.39 is 16.1 Å². The van der Waals surface area contributed by atoms with E-state index in [4.69, 9.17) is 10.3 Å². The first-order chi connectivity index (χ1) is 14.7. The maximum Gasteiger partial charge on any atom is 0.306 e. The van der Waals surface area contributed by atoms with Gasteiger partial charge in [0.05, 0.1) is 22.8 Å². The van der Waals surface area contributed by atoms with Crippen LogP contribution >= 0.6 is 0 Å². The maximum absolute atomic E-state index is 11.3. The summed E-state index contributed by atoms with van der Waals surface area (Å²) >= 11 is 0. The molecule has 1 atom stereocenters. The monoisotopic (exact) mass is 451 g/mol. The van der Waals surface area contributed by atoms with E-state index in [1.54, 1.807) is 18.2 Å². The molecule has 31 heavy (non-hydrogen) atoms.